The average Bonchev–Trinajstić information content (AvgIpc) is 2.37. The van der Waals surface area contributed by atoms with Crippen LogP contribution in [0.1, 0.15) is 12.8 Å². The highest BCUT2D eigenvalue weighted by Crippen LogP contribution is 2.24. The third kappa shape index (κ3) is 2.81. The van der Waals surface area contributed by atoms with E-state index < -0.39 is 0 Å². The summed E-state index contributed by atoms with van der Waals surface area (Å²) in [5.74, 6) is 0.477. The second-order valence-corrected chi connectivity index (χ2v) is 4.60. The Morgan fingerprint density at radius 2 is 2.39 bits per heavy atom. The molecule has 0 saturated carbocycles. The van der Waals surface area contributed by atoms with Crippen molar-refractivity contribution in [1.82, 2.24) is 9.97 Å². The van der Waals surface area contributed by atoms with Gasteiger partial charge in [-0.3, -0.25) is 4.79 Å². The number of anilines is 2. The molecule has 18 heavy (non-hydrogen) atoms. The number of methoxy groups -OCH3 is 1. The van der Waals surface area contributed by atoms with Gasteiger partial charge < -0.3 is 15.4 Å². The Morgan fingerprint density at radius 1 is 1.61 bits per heavy atom. The van der Waals surface area contributed by atoms with E-state index in [1.165, 1.54) is 7.11 Å². The van der Waals surface area contributed by atoms with Crippen LogP contribution in [0.3, 0.4) is 0 Å². The Morgan fingerprint density at radius 3 is 3.06 bits per heavy atom. The molecule has 2 heterocycles. The number of rotatable bonds is 2. The van der Waals surface area contributed by atoms with Crippen molar-refractivity contribution in [2.24, 2.45) is 5.92 Å². The Kier molecular flexibility index (Phi) is 3.86. The number of nitrogens with zero attached hydrogens (tertiary/aromatic N) is 3. The van der Waals surface area contributed by atoms with Gasteiger partial charge in [0.25, 0.3) is 0 Å². The van der Waals surface area contributed by atoms with E-state index in [1.807, 2.05) is 4.90 Å². The zero-order chi connectivity index (χ0) is 13.1. The van der Waals surface area contributed by atoms with E-state index in [0.717, 1.165) is 19.4 Å². The van der Waals surface area contributed by atoms with Gasteiger partial charge in [0.2, 0.25) is 5.95 Å². The van der Waals surface area contributed by atoms with Crippen LogP contribution in [0.2, 0.25) is 5.15 Å². The molecule has 0 unspecified atom stereocenters. The van der Waals surface area contributed by atoms with E-state index >= 15 is 0 Å². The molecule has 1 aromatic rings. The van der Waals surface area contributed by atoms with Crippen molar-refractivity contribution >= 4 is 29.3 Å². The number of hydrogen-bond acceptors (Lipinski definition) is 6. The second-order valence-electron chi connectivity index (χ2n) is 4.22. The molecular weight excluding hydrogens is 256 g/mol. The summed E-state index contributed by atoms with van der Waals surface area (Å²) in [5, 5.41) is 0.303. The number of carbonyl (C=O) groups is 1. The van der Waals surface area contributed by atoms with Gasteiger partial charge >= 0.3 is 5.97 Å². The molecular formula is C11H15ClN4O2. The minimum atomic E-state index is -0.187. The fourth-order valence-electron chi connectivity index (χ4n) is 2.13. The first-order valence-corrected chi connectivity index (χ1v) is 6.11. The lowest BCUT2D eigenvalue weighted by atomic mass is 9.98. The molecule has 0 radical (unpaired) electrons. The average molecular weight is 271 g/mol. The van der Waals surface area contributed by atoms with Crippen LogP contribution in [-0.4, -0.2) is 36.1 Å². The fraction of sp³-hybridized carbons (Fsp3) is 0.545. The van der Waals surface area contributed by atoms with Gasteiger partial charge in [0.05, 0.1) is 13.0 Å². The van der Waals surface area contributed by atoms with Crippen LogP contribution >= 0.6 is 11.6 Å². The number of esters is 1. The molecule has 2 N–H and O–H groups in total. The standard InChI is InChI=1S/C11H15ClN4O2/c1-18-10(17)7-3-2-4-16(6-7)9-5-8(12)14-11(13)15-9/h5,7H,2-4,6H2,1H3,(H2,13,14,15)/t7-/m0/s1. The largest absolute Gasteiger partial charge is 0.469 e. The molecule has 0 aliphatic carbocycles. The molecule has 98 valence electrons. The van der Waals surface area contributed by atoms with E-state index in [9.17, 15) is 4.79 Å². The van der Waals surface area contributed by atoms with Gasteiger partial charge in [-0.05, 0) is 12.8 Å². The number of carbonyl (C=O) groups excluding carboxylic acids is 1. The van der Waals surface area contributed by atoms with Crippen molar-refractivity contribution in [2.45, 2.75) is 12.8 Å². The number of hydrogen-bond donors (Lipinski definition) is 1. The Balaban J connectivity index is 2.15. The van der Waals surface area contributed by atoms with E-state index in [2.05, 4.69) is 9.97 Å². The maximum absolute atomic E-state index is 11.5. The van der Waals surface area contributed by atoms with Gasteiger partial charge in [0, 0.05) is 19.2 Å². The van der Waals surface area contributed by atoms with Gasteiger partial charge in [-0.1, -0.05) is 11.6 Å². The summed E-state index contributed by atoms with van der Waals surface area (Å²) in [6.45, 7) is 1.39. The SMILES string of the molecule is COC(=O)[C@H]1CCCN(c2cc(Cl)nc(N)n2)C1. The maximum Gasteiger partial charge on any atom is 0.310 e. The van der Waals surface area contributed by atoms with E-state index in [1.54, 1.807) is 6.07 Å². The highest BCUT2D eigenvalue weighted by Gasteiger charge is 2.27. The molecule has 1 fully saturated rings. The Labute approximate surface area is 110 Å². The molecule has 7 heteroatoms. The van der Waals surface area contributed by atoms with Crippen LogP contribution in [0.4, 0.5) is 11.8 Å². The lowest BCUT2D eigenvalue weighted by Crippen LogP contribution is -2.39. The third-order valence-corrected chi connectivity index (χ3v) is 3.17. The summed E-state index contributed by atoms with van der Waals surface area (Å²) in [6.07, 6.45) is 1.73. The van der Waals surface area contributed by atoms with E-state index in [0.29, 0.717) is 17.5 Å². The van der Waals surface area contributed by atoms with Crippen LogP contribution in [0, 0.1) is 5.92 Å². The van der Waals surface area contributed by atoms with Crippen molar-refractivity contribution in [2.75, 3.05) is 30.8 Å². The molecule has 1 aliphatic rings. The summed E-state index contributed by atoms with van der Waals surface area (Å²) in [7, 11) is 1.40. The lowest BCUT2D eigenvalue weighted by molar-refractivity contribution is -0.145. The molecule has 2 rings (SSSR count). The van der Waals surface area contributed by atoms with Crippen molar-refractivity contribution < 1.29 is 9.53 Å². The van der Waals surface area contributed by atoms with Gasteiger partial charge in [-0.25, -0.2) is 4.98 Å². The normalized spacial score (nSPS) is 19.7. The van der Waals surface area contributed by atoms with Gasteiger partial charge in [0.15, 0.2) is 0 Å². The molecule has 0 bridgehead atoms. The molecule has 1 saturated heterocycles. The highest BCUT2D eigenvalue weighted by molar-refractivity contribution is 6.29. The monoisotopic (exact) mass is 270 g/mol. The number of nitrogen functional groups attached to an aromatic ring is 1. The predicted molar refractivity (Wildman–Crippen MR) is 68.4 cm³/mol. The van der Waals surface area contributed by atoms with Gasteiger partial charge in [0.1, 0.15) is 11.0 Å². The molecule has 1 aliphatic heterocycles. The van der Waals surface area contributed by atoms with Crippen molar-refractivity contribution in [3.63, 3.8) is 0 Å². The summed E-state index contributed by atoms with van der Waals surface area (Å²) >= 11 is 5.85. The van der Waals surface area contributed by atoms with E-state index in [4.69, 9.17) is 22.1 Å². The number of aromatic nitrogens is 2. The quantitative estimate of drug-likeness (QED) is 0.640. The predicted octanol–water partition coefficient (Wildman–Crippen LogP) is 1.10. The van der Waals surface area contributed by atoms with Crippen LogP contribution in [-0.2, 0) is 9.53 Å². The van der Waals surface area contributed by atoms with Crippen molar-refractivity contribution in [1.29, 1.82) is 0 Å². The summed E-state index contributed by atoms with van der Waals surface area (Å²) in [6, 6.07) is 1.65. The lowest BCUT2D eigenvalue weighted by Gasteiger charge is -2.32. The second kappa shape index (κ2) is 5.39. The molecule has 1 aromatic heterocycles. The third-order valence-electron chi connectivity index (χ3n) is 2.98. The van der Waals surface area contributed by atoms with Crippen molar-refractivity contribution in [3.05, 3.63) is 11.2 Å². The maximum atomic E-state index is 11.5. The van der Waals surface area contributed by atoms with Gasteiger partial charge in [-0.15, -0.1) is 0 Å². The van der Waals surface area contributed by atoms with Crippen LogP contribution in [0.15, 0.2) is 6.07 Å². The summed E-state index contributed by atoms with van der Waals surface area (Å²) in [4.78, 5) is 21.5. The fourth-order valence-corrected chi connectivity index (χ4v) is 2.31. The molecule has 1 atom stereocenters. The number of ether oxygens (including phenoxy) is 1. The number of piperidine rings is 1. The van der Waals surface area contributed by atoms with Crippen LogP contribution in [0.5, 0.6) is 0 Å². The number of halogens is 1. The zero-order valence-electron chi connectivity index (χ0n) is 10.1. The topological polar surface area (TPSA) is 81.3 Å². The minimum absolute atomic E-state index is 0.126. The smallest absolute Gasteiger partial charge is 0.310 e. The minimum Gasteiger partial charge on any atom is -0.469 e. The number of nitrogens with two attached hydrogens (primary N) is 1. The van der Waals surface area contributed by atoms with Gasteiger partial charge in [-0.2, -0.15) is 4.98 Å². The first-order chi connectivity index (χ1) is 8.60. The van der Waals surface area contributed by atoms with Crippen LogP contribution in [0.25, 0.3) is 0 Å². The molecule has 0 amide bonds. The van der Waals surface area contributed by atoms with Crippen LogP contribution < -0.4 is 10.6 Å². The summed E-state index contributed by atoms with van der Waals surface area (Å²) in [5.41, 5.74) is 5.56. The Bertz CT molecular complexity index is 434. The first-order valence-electron chi connectivity index (χ1n) is 5.73. The molecule has 0 spiro atoms. The highest BCUT2D eigenvalue weighted by atomic mass is 35.5. The van der Waals surface area contributed by atoms with E-state index in [-0.39, 0.29) is 17.8 Å². The van der Waals surface area contributed by atoms with Crippen molar-refractivity contribution in [3.8, 4) is 0 Å². The molecule has 0 aromatic carbocycles. The Hall–Kier alpha value is -1.56. The summed E-state index contributed by atoms with van der Waals surface area (Å²) < 4.78 is 4.77. The molecule has 6 nitrogen and oxygen atoms in total. The first kappa shape index (κ1) is 12.9. The zero-order valence-corrected chi connectivity index (χ0v) is 10.9.